The van der Waals surface area contributed by atoms with Crippen molar-refractivity contribution in [1.82, 2.24) is 0 Å². The molecule has 10 heteroatoms. The third-order valence-corrected chi connectivity index (χ3v) is 3.15. The summed E-state index contributed by atoms with van der Waals surface area (Å²) in [6, 6.07) is 8.05. The molecule has 0 aliphatic rings. The van der Waals surface area contributed by atoms with Crippen molar-refractivity contribution in [1.29, 1.82) is 0 Å². The van der Waals surface area contributed by atoms with Crippen LogP contribution >= 0.6 is 0 Å². The molecule has 25 heavy (non-hydrogen) atoms. The molecule has 130 valence electrons. The van der Waals surface area contributed by atoms with Gasteiger partial charge in [-0.25, -0.2) is 4.39 Å². The number of carbonyl (C=O) groups excluding carboxylic acids is 1. The molecule has 0 aliphatic carbocycles. The van der Waals surface area contributed by atoms with Crippen LogP contribution in [0.1, 0.15) is 6.92 Å². The molecule has 0 aromatic heterocycles. The van der Waals surface area contributed by atoms with E-state index in [9.17, 15) is 29.4 Å². The Morgan fingerprint density at radius 3 is 2.40 bits per heavy atom. The zero-order valence-electron chi connectivity index (χ0n) is 12.8. The number of ether oxygens (including phenoxy) is 1. The Kier molecular flexibility index (Phi) is 5.22. The number of halogens is 1. The number of rotatable bonds is 6. The molecule has 2 rings (SSSR count). The smallest absolute Gasteiger partial charge is 0.311 e. The average molecular weight is 349 g/mol. The van der Waals surface area contributed by atoms with Crippen molar-refractivity contribution in [2.75, 3.05) is 5.32 Å². The highest BCUT2D eigenvalue weighted by Gasteiger charge is 2.23. The minimum atomic E-state index is -1.26. The predicted molar refractivity (Wildman–Crippen MR) is 84.9 cm³/mol. The van der Waals surface area contributed by atoms with E-state index in [4.69, 9.17) is 4.74 Å². The first kappa shape index (κ1) is 17.8. The monoisotopic (exact) mass is 349 g/mol. The van der Waals surface area contributed by atoms with Crippen LogP contribution in [0.25, 0.3) is 0 Å². The van der Waals surface area contributed by atoms with Gasteiger partial charge in [0.05, 0.1) is 9.85 Å². The number of para-hydroxylation sites is 2. The summed E-state index contributed by atoms with van der Waals surface area (Å²) in [6.45, 7) is 1.28. The van der Waals surface area contributed by atoms with Gasteiger partial charge in [0.25, 0.3) is 11.6 Å². The fourth-order valence-electron chi connectivity index (χ4n) is 1.95. The Morgan fingerprint density at radius 2 is 1.76 bits per heavy atom. The van der Waals surface area contributed by atoms with E-state index in [1.807, 2.05) is 0 Å². The average Bonchev–Trinajstić information content (AvgIpc) is 2.54. The van der Waals surface area contributed by atoms with Gasteiger partial charge in [-0.3, -0.25) is 25.0 Å². The van der Waals surface area contributed by atoms with E-state index in [2.05, 4.69) is 5.32 Å². The highest BCUT2D eigenvalue weighted by Crippen LogP contribution is 2.29. The highest BCUT2D eigenvalue weighted by atomic mass is 19.1. The van der Waals surface area contributed by atoms with Gasteiger partial charge in [0.1, 0.15) is 11.5 Å². The van der Waals surface area contributed by atoms with Crippen molar-refractivity contribution in [2.45, 2.75) is 13.0 Å². The number of nitro benzene ring substituents is 2. The Morgan fingerprint density at radius 1 is 1.12 bits per heavy atom. The summed E-state index contributed by atoms with van der Waals surface area (Å²) in [5.74, 6) is -1.98. The van der Waals surface area contributed by atoms with Crippen LogP contribution in [0.15, 0.2) is 42.5 Å². The lowest BCUT2D eigenvalue weighted by Gasteiger charge is -2.14. The van der Waals surface area contributed by atoms with Crippen LogP contribution in [0.4, 0.5) is 21.5 Å². The molecule has 2 aromatic carbocycles. The quantitative estimate of drug-likeness (QED) is 0.631. The molecule has 0 fully saturated rings. The Bertz CT molecular complexity index is 842. The Labute approximate surface area is 140 Å². The molecule has 2 aromatic rings. The van der Waals surface area contributed by atoms with Crippen LogP contribution in [-0.4, -0.2) is 21.9 Å². The normalized spacial score (nSPS) is 11.4. The van der Waals surface area contributed by atoms with Gasteiger partial charge in [0.2, 0.25) is 5.75 Å². The summed E-state index contributed by atoms with van der Waals surface area (Å²) >= 11 is 0. The molecule has 0 radical (unpaired) electrons. The lowest BCUT2D eigenvalue weighted by Crippen LogP contribution is -2.30. The topological polar surface area (TPSA) is 125 Å². The van der Waals surface area contributed by atoms with Crippen LogP contribution in [0.5, 0.6) is 5.75 Å². The lowest BCUT2D eigenvalue weighted by atomic mass is 10.2. The number of nitrogens with one attached hydrogen (secondary N) is 1. The molecule has 0 saturated heterocycles. The van der Waals surface area contributed by atoms with Crippen LogP contribution in [-0.2, 0) is 4.79 Å². The summed E-state index contributed by atoms with van der Waals surface area (Å²) in [7, 11) is 0. The molecule has 9 nitrogen and oxygen atoms in total. The van der Waals surface area contributed by atoms with Gasteiger partial charge < -0.3 is 10.1 Å². The Hall–Kier alpha value is -3.56. The molecule has 0 heterocycles. The maximum atomic E-state index is 13.3. The third kappa shape index (κ3) is 4.25. The van der Waals surface area contributed by atoms with Crippen molar-refractivity contribution >= 4 is 23.0 Å². The van der Waals surface area contributed by atoms with E-state index in [0.29, 0.717) is 0 Å². The molecule has 1 atom stereocenters. The van der Waals surface area contributed by atoms with Gasteiger partial charge in [0, 0.05) is 18.2 Å². The van der Waals surface area contributed by atoms with Crippen molar-refractivity contribution in [2.24, 2.45) is 0 Å². The molecule has 0 saturated carbocycles. The molecule has 1 N–H and O–H groups in total. The number of hydrogen-bond donors (Lipinski definition) is 1. The molecule has 0 spiro atoms. The first-order chi connectivity index (χ1) is 11.8. The van der Waals surface area contributed by atoms with Gasteiger partial charge in [0.15, 0.2) is 6.10 Å². The number of amides is 1. The molecule has 0 bridgehead atoms. The maximum absolute atomic E-state index is 13.3. The van der Waals surface area contributed by atoms with Crippen molar-refractivity contribution in [3.63, 3.8) is 0 Å². The van der Waals surface area contributed by atoms with Crippen LogP contribution < -0.4 is 10.1 Å². The zero-order chi connectivity index (χ0) is 18.6. The zero-order valence-corrected chi connectivity index (χ0v) is 12.8. The van der Waals surface area contributed by atoms with Gasteiger partial charge >= 0.3 is 5.69 Å². The van der Waals surface area contributed by atoms with E-state index in [-0.39, 0.29) is 11.4 Å². The largest absolute Gasteiger partial charge is 0.474 e. The van der Waals surface area contributed by atoms with E-state index in [1.54, 1.807) is 0 Å². The fraction of sp³-hybridized carbons (Fsp3) is 0.133. The molecule has 0 aliphatic heterocycles. The fourth-order valence-corrected chi connectivity index (χ4v) is 1.95. The summed E-state index contributed by atoms with van der Waals surface area (Å²) < 4.78 is 18.4. The van der Waals surface area contributed by atoms with Gasteiger partial charge in [-0.15, -0.1) is 0 Å². The highest BCUT2D eigenvalue weighted by molar-refractivity contribution is 5.96. The van der Waals surface area contributed by atoms with Crippen LogP contribution in [0.3, 0.4) is 0 Å². The number of carbonyl (C=O) groups is 1. The molecule has 1 amide bonds. The summed E-state index contributed by atoms with van der Waals surface area (Å²) in [4.78, 5) is 32.5. The van der Waals surface area contributed by atoms with Gasteiger partial charge in [-0.2, -0.15) is 0 Å². The Balaban J connectivity index is 2.18. The maximum Gasteiger partial charge on any atom is 0.311 e. The first-order valence-electron chi connectivity index (χ1n) is 6.94. The van der Waals surface area contributed by atoms with Gasteiger partial charge in [-0.05, 0) is 19.1 Å². The minimum Gasteiger partial charge on any atom is -0.474 e. The van der Waals surface area contributed by atoms with E-state index in [0.717, 1.165) is 18.2 Å². The number of nitro groups is 2. The second-order valence-corrected chi connectivity index (χ2v) is 4.89. The lowest BCUT2D eigenvalue weighted by molar-refractivity contribution is -0.386. The standard InChI is InChI=1S/C15H12FN3O6/c1-9(25-14-8-10(16)6-7-13(14)19(23)24)15(20)17-11-4-2-3-5-12(11)18(21)22/h2-9H,1H3,(H,17,20)/t9-/m1/s1. The second kappa shape index (κ2) is 7.34. The number of anilines is 1. The number of hydrogen-bond acceptors (Lipinski definition) is 6. The predicted octanol–water partition coefficient (Wildman–Crippen LogP) is 3.05. The number of benzene rings is 2. The summed E-state index contributed by atoms with van der Waals surface area (Å²) in [5, 5.41) is 24.2. The number of nitrogens with zero attached hydrogens (tertiary/aromatic N) is 2. The summed E-state index contributed by atoms with van der Waals surface area (Å²) in [5.41, 5.74) is -0.881. The van der Waals surface area contributed by atoms with Crippen molar-refractivity contribution < 1.29 is 23.8 Å². The second-order valence-electron chi connectivity index (χ2n) is 4.89. The van der Waals surface area contributed by atoms with Crippen molar-refractivity contribution in [3.05, 3.63) is 68.5 Å². The van der Waals surface area contributed by atoms with Crippen molar-refractivity contribution in [3.8, 4) is 5.75 Å². The van der Waals surface area contributed by atoms with Crippen LogP contribution in [0.2, 0.25) is 0 Å². The van der Waals surface area contributed by atoms with E-state index in [1.165, 1.54) is 31.2 Å². The molecular weight excluding hydrogens is 337 g/mol. The SMILES string of the molecule is C[C@@H](Oc1cc(F)ccc1[N+](=O)[O-])C(=O)Nc1ccccc1[N+](=O)[O-]. The summed E-state index contributed by atoms with van der Waals surface area (Å²) in [6.07, 6.45) is -1.26. The molecular formula is C15H12FN3O6. The first-order valence-corrected chi connectivity index (χ1v) is 6.94. The van der Waals surface area contributed by atoms with Gasteiger partial charge in [-0.1, -0.05) is 12.1 Å². The minimum absolute atomic E-state index is 0.0540. The third-order valence-electron chi connectivity index (χ3n) is 3.15. The van der Waals surface area contributed by atoms with E-state index >= 15 is 0 Å². The molecule has 0 unspecified atom stereocenters. The van der Waals surface area contributed by atoms with E-state index < -0.39 is 39.1 Å². The van der Waals surface area contributed by atoms with Crippen LogP contribution in [0, 0.1) is 26.0 Å².